The molecule has 1 amide bonds. The molecule has 1 aromatic heterocycles. The number of rotatable bonds is 7. The van der Waals surface area contributed by atoms with Crippen LogP contribution in [-0.2, 0) is 10.0 Å². The number of hydrogen-bond acceptors (Lipinski definition) is 7. The van der Waals surface area contributed by atoms with Crippen LogP contribution in [-0.4, -0.2) is 42.0 Å². The molecule has 4 rings (SSSR count). The summed E-state index contributed by atoms with van der Waals surface area (Å²) in [6.45, 7) is 2.70. The fourth-order valence-electron chi connectivity index (χ4n) is 3.50. The van der Waals surface area contributed by atoms with Gasteiger partial charge in [-0.2, -0.15) is 4.31 Å². The van der Waals surface area contributed by atoms with Gasteiger partial charge in [-0.05, 0) is 62.2 Å². The van der Waals surface area contributed by atoms with E-state index in [0.717, 1.165) is 11.3 Å². The highest BCUT2D eigenvalue weighted by Crippen LogP contribution is 2.38. The molecular formula is C21H21FN4O4S2. The monoisotopic (exact) mass is 476 g/mol. The smallest absolute Gasteiger partial charge is 0.286 e. The van der Waals surface area contributed by atoms with Crippen molar-refractivity contribution in [3.8, 4) is 5.75 Å². The van der Waals surface area contributed by atoms with Gasteiger partial charge in [-0.25, -0.2) is 12.8 Å². The number of nitrogens with zero attached hydrogens (tertiary/aromatic N) is 3. The van der Waals surface area contributed by atoms with Crippen LogP contribution < -0.4 is 10.1 Å². The standard InChI is InChI=1S/C21H21FN4O4S2/c1-2-30-16-8-10-17(11-9-16)32(28,29)26-12-4-7-18(26)20-24-25-21(31-20)19(27)23-15-6-3-5-14(22)13-15/h3,5-6,8-11,13,18H,2,4,7,12H2,1H3,(H,23,27). The van der Waals surface area contributed by atoms with E-state index < -0.39 is 27.8 Å². The van der Waals surface area contributed by atoms with Crippen molar-refractivity contribution in [3.63, 3.8) is 0 Å². The number of carbonyl (C=O) groups excluding carboxylic acids is 1. The lowest BCUT2D eigenvalue weighted by Crippen LogP contribution is -2.30. The predicted molar refractivity (Wildman–Crippen MR) is 118 cm³/mol. The molecule has 0 saturated carbocycles. The van der Waals surface area contributed by atoms with E-state index in [0.29, 0.717) is 42.4 Å². The van der Waals surface area contributed by atoms with Crippen LogP contribution in [0.15, 0.2) is 53.4 Å². The Morgan fingerprint density at radius 3 is 2.75 bits per heavy atom. The van der Waals surface area contributed by atoms with E-state index in [9.17, 15) is 17.6 Å². The molecular weight excluding hydrogens is 455 g/mol. The van der Waals surface area contributed by atoms with Gasteiger partial charge < -0.3 is 10.1 Å². The van der Waals surface area contributed by atoms with Crippen molar-refractivity contribution < 1.29 is 22.3 Å². The lowest BCUT2D eigenvalue weighted by molar-refractivity contribution is 0.102. The molecule has 2 aromatic carbocycles. The van der Waals surface area contributed by atoms with Crippen molar-refractivity contribution in [1.29, 1.82) is 0 Å². The van der Waals surface area contributed by atoms with E-state index in [2.05, 4.69) is 15.5 Å². The summed E-state index contributed by atoms with van der Waals surface area (Å²) in [4.78, 5) is 12.6. The first-order chi connectivity index (χ1) is 15.4. The molecule has 8 nitrogen and oxygen atoms in total. The Labute approximate surface area is 189 Å². The van der Waals surface area contributed by atoms with Crippen LogP contribution in [0.4, 0.5) is 10.1 Å². The van der Waals surface area contributed by atoms with Gasteiger partial charge in [-0.3, -0.25) is 4.79 Å². The average Bonchev–Trinajstić information content (AvgIpc) is 3.44. The average molecular weight is 477 g/mol. The largest absolute Gasteiger partial charge is 0.494 e. The molecule has 1 unspecified atom stereocenters. The first kappa shape index (κ1) is 22.3. The maximum atomic E-state index is 13.3. The molecule has 1 N–H and O–H groups in total. The normalized spacial score (nSPS) is 16.8. The molecule has 2 heterocycles. The van der Waals surface area contributed by atoms with E-state index in [1.807, 2.05) is 6.92 Å². The van der Waals surface area contributed by atoms with Gasteiger partial charge >= 0.3 is 0 Å². The Morgan fingerprint density at radius 1 is 1.25 bits per heavy atom. The van der Waals surface area contributed by atoms with Crippen LogP contribution in [0.25, 0.3) is 0 Å². The molecule has 3 aromatic rings. The second-order valence-electron chi connectivity index (χ2n) is 7.09. The summed E-state index contributed by atoms with van der Waals surface area (Å²) in [6.07, 6.45) is 1.25. The quantitative estimate of drug-likeness (QED) is 0.556. The van der Waals surface area contributed by atoms with Gasteiger partial charge in [0.15, 0.2) is 0 Å². The number of benzene rings is 2. The number of nitrogens with one attached hydrogen (secondary N) is 1. The highest BCUT2D eigenvalue weighted by atomic mass is 32.2. The molecule has 1 fully saturated rings. The summed E-state index contributed by atoms with van der Waals surface area (Å²) >= 11 is 1.03. The second-order valence-corrected chi connectivity index (χ2v) is 9.99. The zero-order valence-corrected chi connectivity index (χ0v) is 18.8. The highest BCUT2D eigenvalue weighted by molar-refractivity contribution is 7.89. The number of carbonyl (C=O) groups is 1. The Morgan fingerprint density at radius 2 is 2.03 bits per heavy atom. The molecule has 1 atom stereocenters. The third kappa shape index (κ3) is 4.64. The number of aromatic nitrogens is 2. The van der Waals surface area contributed by atoms with Gasteiger partial charge in [0, 0.05) is 12.2 Å². The summed E-state index contributed by atoms with van der Waals surface area (Å²) in [6, 6.07) is 11.3. The maximum Gasteiger partial charge on any atom is 0.286 e. The van der Waals surface area contributed by atoms with Crippen LogP contribution in [0.3, 0.4) is 0 Å². The summed E-state index contributed by atoms with van der Waals surface area (Å²) in [7, 11) is -3.76. The van der Waals surface area contributed by atoms with E-state index >= 15 is 0 Å². The van der Waals surface area contributed by atoms with Gasteiger partial charge in [0.05, 0.1) is 17.5 Å². The maximum absolute atomic E-state index is 13.3. The van der Waals surface area contributed by atoms with Crippen LogP contribution >= 0.6 is 11.3 Å². The van der Waals surface area contributed by atoms with Gasteiger partial charge in [0.2, 0.25) is 15.0 Å². The number of anilines is 1. The number of ether oxygens (including phenoxy) is 1. The van der Waals surface area contributed by atoms with Crippen molar-refractivity contribution >= 4 is 33.0 Å². The Bertz CT molecular complexity index is 1210. The highest BCUT2D eigenvalue weighted by Gasteiger charge is 2.38. The summed E-state index contributed by atoms with van der Waals surface area (Å²) in [5.41, 5.74) is 0.298. The molecule has 168 valence electrons. The van der Waals surface area contributed by atoms with Gasteiger partial charge in [0.25, 0.3) is 5.91 Å². The molecule has 32 heavy (non-hydrogen) atoms. The lowest BCUT2D eigenvalue weighted by Gasteiger charge is -2.22. The molecule has 0 aliphatic carbocycles. The Balaban J connectivity index is 1.52. The van der Waals surface area contributed by atoms with Crippen LogP contribution in [0.5, 0.6) is 5.75 Å². The topological polar surface area (TPSA) is 101 Å². The van der Waals surface area contributed by atoms with Crippen molar-refractivity contribution in [1.82, 2.24) is 14.5 Å². The molecule has 0 bridgehead atoms. The molecule has 1 aliphatic heterocycles. The first-order valence-corrected chi connectivity index (χ1v) is 12.3. The number of sulfonamides is 1. The van der Waals surface area contributed by atoms with Crippen molar-refractivity contribution in [2.45, 2.75) is 30.7 Å². The Kier molecular flexibility index (Phi) is 6.49. The minimum Gasteiger partial charge on any atom is -0.494 e. The molecule has 11 heteroatoms. The summed E-state index contributed by atoms with van der Waals surface area (Å²) < 4.78 is 46.6. The van der Waals surface area contributed by atoms with E-state index in [1.54, 1.807) is 18.2 Å². The van der Waals surface area contributed by atoms with Crippen LogP contribution in [0.1, 0.15) is 40.6 Å². The van der Waals surface area contributed by atoms with Crippen LogP contribution in [0, 0.1) is 5.82 Å². The van der Waals surface area contributed by atoms with E-state index in [-0.39, 0.29) is 9.90 Å². The number of halogens is 1. The second kappa shape index (κ2) is 9.31. The zero-order chi connectivity index (χ0) is 22.7. The van der Waals surface area contributed by atoms with E-state index in [4.69, 9.17) is 4.74 Å². The van der Waals surface area contributed by atoms with E-state index in [1.165, 1.54) is 34.6 Å². The third-order valence-electron chi connectivity index (χ3n) is 4.95. The lowest BCUT2D eigenvalue weighted by atomic mass is 10.2. The third-order valence-corrected chi connectivity index (χ3v) is 7.89. The minimum atomic E-state index is -3.76. The summed E-state index contributed by atoms with van der Waals surface area (Å²) in [5, 5.41) is 11.1. The molecule has 1 aliphatic rings. The fourth-order valence-corrected chi connectivity index (χ4v) is 6.11. The van der Waals surface area contributed by atoms with Gasteiger partial charge in [-0.15, -0.1) is 10.2 Å². The van der Waals surface area contributed by atoms with Gasteiger partial charge in [-0.1, -0.05) is 17.4 Å². The molecule has 1 saturated heterocycles. The fraction of sp³-hybridized carbons (Fsp3) is 0.286. The zero-order valence-electron chi connectivity index (χ0n) is 17.2. The molecule has 0 radical (unpaired) electrons. The van der Waals surface area contributed by atoms with Crippen molar-refractivity contribution in [2.75, 3.05) is 18.5 Å². The number of amides is 1. The van der Waals surface area contributed by atoms with Crippen LogP contribution in [0.2, 0.25) is 0 Å². The minimum absolute atomic E-state index is 0.0783. The molecule has 0 spiro atoms. The summed E-state index contributed by atoms with van der Waals surface area (Å²) in [5.74, 6) is -0.400. The Hall–Kier alpha value is -2.89. The first-order valence-electron chi connectivity index (χ1n) is 10.0. The SMILES string of the molecule is CCOc1ccc(S(=O)(=O)N2CCCC2c2nnc(C(=O)Nc3cccc(F)c3)s2)cc1. The van der Waals surface area contributed by atoms with Crippen molar-refractivity contribution in [2.24, 2.45) is 0 Å². The van der Waals surface area contributed by atoms with Crippen molar-refractivity contribution in [3.05, 3.63) is 64.4 Å². The van der Waals surface area contributed by atoms with Gasteiger partial charge in [0.1, 0.15) is 16.6 Å². The predicted octanol–water partition coefficient (Wildman–Crippen LogP) is 3.85. The number of hydrogen-bond donors (Lipinski definition) is 1.